The van der Waals surface area contributed by atoms with E-state index in [1.807, 2.05) is 0 Å². The molecule has 1 fully saturated rings. The van der Waals surface area contributed by atoms with Gasteiger partial charge in [0.2, 0.25) is 17.2 Å². The van der Waals surface area contributed by atoms with E-state index in [1.165, 1.54) is 12.1 Å². The van der Waals surface area contributed by atoms with Crippen molar-refractivity contribution in [2.75, 3.05) is 0 Å². The van der Waals surface area contributed by atoms with Crippen LogP contribution in [-0.2, 0) is 10.9 Å². The van der Waals surface area contributed by atoms with Gasteiger partial charge in [-0.05, 0) is 17.7 Å². The summed E-state index contributed by atoms with van der Waals surface area (Å²) in [6.07, 6.45) is -5.43. The number of alkyl halides is 3. The second-order valence-corrected chi connectivity index (χ2v) is 6.74. The fourth-order valence-corrected chi connectivity index (χ4v) is 3.36. The molecule has 146 valence electrons. The summed E-state index contributed by atoms with van der Waals surface area (Å²) in [5.41, 5.74) is -1.66. The van der Waals surface area contributed by atoms with Crippen molar-refractivity contribution < 1.29 is 27.5 Å². The zero-order valence-corrected chi connectivity index (χ0v) is 15.0. The van der Waals surface area contributed by atoms with Crippen molar-refractivity contribution >= 4 is 11.6 Å². The number of halogens is 3. The molecule has 1 aliphatic rings. The fraction of sp³-hybridized carbons (Fsp3) is 0.130. The average molecular weight is 396 g/mol. The molecule has 0 radical (unpaired) electrons. The molecule has 0 aromatic heterocycles. The Morgan fingerprint density at radius 3 is 1.59 bits per heavy atom. The lowest BCUT2D eigenvalue weighted by Crippen LogP contribution is -2.35. The number of carbonyl (C=O) groups is 2. The fourth-order valence-electron chi connectivity index (χ4n) is 3.36. The van der Waals surface area contributed by atoms with Gasteiger partial charge in [-0.2, -0.15) is 13.2 Å². The van der Waals surface area contributed by atoms with Gasteiger partial charge in [-0.3, -0.25) is 9.59 Å². The number of rotatable bonds is 5. The number of carbonyl (C=O) groups excluding carboxylic acids is 2. The molecule has 6 heteroatoms. The Balaban J connectivity index is 1.73. The van der Waals surface area contributed by atoms with Gasteiger partial charge in [0.05, 0.1) is 5.56 Å². The van der Waals surface area contributed by atoms with Gasteiger partial charge in [-0.15, -0.1) is 0 Å². The average Bonchev–Trinajstić information content (AvgIpc) is 3.50. The van der Waals surface area contributed by atoms with Crippen molar-refractivity contribution in [2.24, 2.45) is 0 Å². The lowest BCUT2D eigenvalue weighted by Gasteiger charge is -2.12. The van der Waals surface area contributed by atoms with E-state index < -0.39 is 35.0 Å². The van der Waals surface area contributed by atoms with E-state index in [4.69, 9.17) is 4.74 Å². The number of benzene rings is 3. The Morgan fingerprint density at radius 2 is 1.17 bits per heavy atom. The first-order chi connectivity index (χ1) is 13.8. The first kappa shape index (κ1) is 19.1. The minimum absolute atomic E-state index is 0.297. The third-order valence-corrected chi connectivity index (χ3v) is 4.90. The minimum atomic E-state index is -4.47. The van der Waals surface area contributed by atoms with Crippen LogP contribution in [0.5, 0.6) is 0 Å². The van der Waals surface area contributed by atoms with E-state index in [0.29, 0.717) is 16.7 Å². The number of ketones is 2. The molecule has 4 rings (SSSR count). The molecular formula is C23H15F3O3. The van der Waals surface area contributed by atoms with Crippen molar-refractivity contribution in [3.63, 3.8) is 0 Å². The van der Waals surface area contributed by atoms with Crippen LogP contribution in [0.2, 0.25) is 0 Å². The van der Waals surface area contributed by atoms with Gasteiger partial charge < -0.3 is 4.74 Å². The van der Waals surface area contributed by atoms with Crippen LogP contribution in [0.25, 0.3) is 0 Å². The molecule has 1 atom stereocenters. The smallest absolute Gasteiger partial charge is 0.344 e. The Labute approximate surface area is 164 Å². The van der Waals surface area contributed by atoms with E-state index >= 15 is 0 Å². The van der Waals surface area contributed by atoms with Gasteiger partial charge >= 0.3 is 6.18 Å². The molecule has 0 spiro atoms. The molecular weight excluding hydrogens is 381 g/mol. The second-order valence-electron chi connectivity index (χ2n) is 6.74. The predicted octanol–water partition coefficient (Wildman–Crippen LogP) is 5.28. The zero-order chi connectivity index (χ0) is 20.6. The molecule has 3 aromatic carbocycles. The van der Waals surface area contributed by atoms with Crippen LogP contribution in [0.15, 0.2) is 84.9 Å². The molecule has 3 aromatic rings. The number of Topliss-reactive ketones (excluding diaryl/α,β-unsaturated/α-hetero) is 2. The van der Waals surface area contributed by atoms with Crippen molar-refractivity contribution in [2.45, 2.75) is 17.9 Å². The number of hydrogen-bond acceptors (Lipinski definition) is 3. The molecule has 1 aliphatic heterocycles. The van der Waals surface area contributed by atoms with Gasteiger partial charge in [0.1, 0.15) is 6.10 Å². The number of hydrogen-bond donors (Lipinski definition) is 0. The summed E-state index contributed by atoms with van der Waals surface area (Å²) in [5.74, 6) is -1.03. The Hall–Kier alpha value is -3.25. The largest absolute Gasteiger partial charge is 0.416 e. The summed E-state index contributed by atoms with van der Waals surface area (Å²) in [6, 6.07) is 20.8. The van der Waals surface area contributed by atoms with Crippen LogP contribution < -0.4 is 0 Å². The number of ether oxygens (including phenoxy) is 1. The molecule has 0 bridgehead atoms. The zero-order valence-electron chi connectivity index (χ0n) is 15.0. The molecule has 3 nitrogen and oxygen atoms in total. The molecule has 1 unspecified atom stereocenters. The molecule has 1 heterocycles. The monoisotopic (exact) mass is 396 g/mol. The molecule has 29 heavy (non-hydrogen) atoms. The van der Waals surface area contributed by atoms with Crippen LogP contribution in [0.1, 0.15) is 37.9 Å². The Kier molecular flexibility index (Phi) is 4.59. The maximum absolute atomic E-state index is 13.2. The maximum Gasteiger partial charge on any atom is 0.416 e. The standard InChI is InChI=1S/C23H15F3O3/c24-23(25,26)18-13-11-17(12-14-18)21-22(29-21,19(27)15-7-3-1-4-8-15)20(28)16-9-5-2-6-10-16/h1-14,21H. The summed E-state index contributed by atoms with van der Waals surface area (Å²) in [4.78, 5) is 26.5. The summed E-state index contributed by atoms with van der Waals surface area (Å²) in [6.45, 7) is 0. The highest BCUT2D eigenvalue weighted by Gasteiger charge is 2.68. The summed E-state index contributed by atoms with van der Waals surface area (Å²) < 4.78 is 44.2. The van der Waals surface area contributed by atoms with E-state index in [-0.39, 0.29) is 0 Å². The maximum atomic E-state index is 13.2. The van der Waals surface area contributed by atoms with E-state index in [0.717, 1.165) is 12.1 Å². The highest BCUT2D eigenvalue weighted by Crippen LogP contribution is 2.53. The van der Waals surface area contributed by atoms with E-state index in [2.05, 4.69) is 0 Å². The molecule has 0 N–H and O–H groups in total. The Morgan fingerprint density at radius 1 is 0.724 bits per heavy atom. The van der Waals surface area contributed by atoms with Gasteiger partial charge in [-0.1, -0.05) is 72.8 Å². The second kappa shape index (κ2) is 6.97. The van der Waals surface area contributed by atoms with Gasteiger partial charge in [0.25, 0.3) is 0 Å². The lowest BCUT2D eigenvalue weighted by atomic mass is 9.84. The molecule has 0 amide bonds. The van der Waals surface area contributed by atoms with Gasteiger partial charge in [0.15, 0.2) is 0 Å². The lowest BCUT2D eigenvalue weighted by molar-refractivity contribution is -0.137. The highest BCUT2D eigenvalue weighted by molar-refractivity contribution is 6.25. The normalized spacial score (nSPS) is 17.6. The van der Waals surface area contributed by atoms with Crippen LogP contribution in [-0.4, -0.2) is 17.2 Å². The van der Waals surface area contributed by atoms with E-state index in [9.17, 15) is 22.8 Å². The van der Waals surface area contributed by atoms with Crippen molar-refractivity contribution in [1.29, 1.82) is 0 Å². The van der Waals surface area contributed by atoms with Crippen molar-refractivity contribution in [3.8, 4) is 0 Å². The third kappa shape index (κ3) is 3.36. The third-order valence-electron chi connectivity index (χ3n) is 4.90. The van der Waals surface area contributed by atoms with E-state index in [1.54, 1.807) is 60.7 Å². The number of epoxide rings is 1. The first-order valence-electron chi connectivity index (χ1n) is 8.89. The van der Waals surface area contributed by atoms with Crippen LogP contribution in [0, 0.1) is 0 Å². The molecule has 0 saturated carbocycles. The Bertz CT molecular complexity index is 991. The van der Waals surface area contributed by atoms with Crippen LogP contribution in [0.3, 0.4) is 0 Å². The van der Waals surface area contributed by atoms with Gasteiger partial charge in [0, 0.05) is 11.1 Å². The first-order valence-corrected chi connectivity index (χ1v) is 8.89. The van der Waals surface area contributed by atoms with Crippen LogP contribution >= 0.6 is 0 Å². The van der Waals surface area contributed by atoms with Gasteiger partial charge in [-0.25, -0.2) is 0 Å². The summed E-state index contributed by atoms with van der Waals surface area (Å²) in [5, 5.41) is 0. The van der Waals surface area contributed by atoms with Crippen molar-refractivity contribution in [1.82, 2.24) is 0 Å². The highest BCUT2D eigenvalue weighted by atomic mass is 19.4. The predicted molar refractivity (Wildman–Crippen MR) is 99.5 cm³/mol. The summed E-state index contributed by atoms with van der Waals surface area (Å²) in [7, 11) is 0. The summed E-state index contributed by atoms with van der Waals surface area (Å²) >= 11 is 0. The minimum Gasteiger partial charge on any atom is -0.344 e. The van der Waals surface area contributed by atoms with Crippen molar-refractivity contribution in [3.05, 3.63) is 107 Å². The molecule has 0 aliphatic carbocycles. The SMILES string of the molecule is O=C(c1ccccc1)C1(C(=O)c2ccccc2)OC1c1ccc(C(F)(F)F)cc1. The topological polar surface area (TPSA) is 46.7 Å². The quantitative estimate of drug-likeness (QED) is 0.335. The van der Waals surface area contributed by atoms with Crippen LogP contribution in [0.4, 0.5) is 13.2 Å². The molecule has 1 saturated heterocycles.